The summed E-state index contributed by atoms with van der Waals surface area (Å²) in [7, 11) is 0. The normalized spacial score (nSPS) is 17.4. The second-order valence-corrected chi connectivity index (χ2v) is 7.19. The van der Waals surface area contributed by atoms with E-state index in [0.717, 1.165) is 6.42 Å². The van der Waals surface area contributed by atoms with Gasteiger partial charge < -0.3 is 24.8 Å². The quantitative estimate of drug-likeness (QED) is 0.445. The summed E-state index contributed by atoms with van der Waals surface area (Å²) in [6.07, 6.45) is 7.78. The summed E-state index contributed by atoms with van der Waals surface area (Å²) in [6, 6.07) is 15.7. The van der Waals surface area contributed by atoms with E-state index >= 15 is 0 Å². The summed E-state index contributed by atoms with van der Waals surface area (Å²) in [4.78, 5) is 0. The van der Waals surface area contributed by atoms with Crippen molar-refractivity contribution in [3.63, 3.8) is 0 Å². The zero-order valence-corrected chi connectivity index (χ0v) is 16.4. The Morgan fingerprint density at radius 1 is 0.857 bits per heavy atom. The topological polar surface area (TPSA) is 0 Å². The molecule has 0 nitrogen and oxygen atoms in total. The summed E-state index contributed by atoms with van der Waals surface area (Å²) in [5.74, 6) is 0. The molecule has 2 aromatic carbocycles. The van der Waals surface area contributed by atoms with Gasteiger partial charge in [-0.2, -0.15) is 0 Å². The van der Waals surface area contributed by atoms with Crippen LogP contribution in [0.25, 0.3) is 16.7 Å². The summed E-state index contributed by atoms with van der Waals surface area (Å²) >= 11 is 1.18. The Balaban J connectivity index is 0.000000807. The van der Waals surface area contributed by atoms with Gasteiger partial charge in [-0.15, -0.1) is 0 Å². The molecule has 0 saturated carbocycles. The van der Waals surface area contributed by atoms with Gasteiger partial charge in [-0.3, -0.25) is 0 Å². The van der Waals surface area contributed by atoms with Gasteiger partial charge in [-0.25, -0.2) is 0 Å². The summed E-state index contributed by atoms with van der Waals surface area (Å²) in [5.41, 5.74) is 8.96. The van der Waals surface area contributed by atoms with Crippen LogP contribution in [0.1, 0.15) is 26.8 Å². The zero-order chi connectivity index (χ0) is 12.8. The maximum atomic E-state index is 2.30. The van der Waals surface area contributed by atoms with Crippen molar-refractivity contribution in [2.24, 2.45) is 0 Å². The van der Waals surface area contributed by atoms with Crippen molar-refractivity contribution in [3.05, 3.63) is 77.4 Å². The van der Waals surface area contributed by atoms with Crippen molar-refractivity contribution in [1.82, 2.24) is 0 Å². The fourth-order valence-electron chi connectivity index (χ4n) is 3.19. The van der Waals surface area contributed by atoms with E-state index in [4.69, 9.17) is 0 Å². The number of halogens is 2. The van der Waals surface area contributed by atoms with E-state index < -0.39 is 0 Å². The molecule has 4 rings (SSSR count). The third-order valence-electron chi connectivity index (χ3n) is 4.07. The van der Waals surface area contributed by atoms with Crippen LogP contribution in [-0.2, 0) is 24.4 Å². The molecule has 2 aromatic rings. The molecule has 0 fully saturated rings. The summed E-state index contributed by atoms with van der Waals surface area (Å²) in [5, 5.41) is 0. The number of hydrogen-bond donors (Lipinski definition) is 0. The molecule has 1 unspecified atom stereocenters. The van der Waals surface area contributed by atoms with Gasteiger partial charge in [0.05, 0.1) is 0 Å². The Morgan fingerprint density at radius 3 is 2.33 bits per heavy atom. The molecule has 103 valence electrons. The molecule has 0 saturated heterocycles. The van der Waals surface area contributed by atoms with Crippen LogP contribution in [0.5, 0.6) is 0 Å². The maximum absolute atomic E-state index is 2.30. The van der Waals surface area contributed by atoms with Gasteiger partial charge in [0.15, 0.2) is 0 Å². The van der Waals surface area contributed by atoms with Crippen molar-refractivity contribution in [1.29, 1.82) is 0 Å². The molecule has 1 atom stereocenters. The molecular formula is C18H13Cl2Hf. The van der Waals surface area contributed by atoms with Gasteiger partial charge in [0.1, 0.15) is 0 Å². The minimum atomic E-state index is 0. The molecule has 0 radical (unpaired) electrons. The Kier molecular flexibility index (Phi) is 5.29. The van der Waals surface area contributed by atoms with E-state index in [-0.39, 0.29) is 24.8 Å². The zero-order valence-electron chi connectivity index (χ0n) is 11.3. The molecule has 2 aliphatic carbocycles. The van der Waals surface area contributed by atoms with Gasteiger partial charge in [0, 0.05) is 0 Å². The molecule has 0 spiro atoms. The van der Waals surface area contributed by atoms with E-state index in [2.05, 4.69) is 60.7 Å². The number of hydrogen-bond acceptors (Lipinski definition) is 0. The molecular weight excluding hydrogens is 466 g/mol. The Hall–Kier alpha value is -0.630. The SMILES string of the molecule is [Cl-].[Cl-].[Hf+2][CH]1c2ccccc2-c2cccc(C3=CC=CC3)c21. The van der Waals surface area contributed by atoms with Crippen LogP contribution < -0.4 is 24.8 Å². The van der Waals surface area contributed by atoms with Crippen LogP contribution in [0.4, 0.5) is 0 Å². The number of allylic oxidation sites excluding steroid dienone is 4. The Morgan fingerprint density at radius 2 is 1.57 bits per heavy atom. The van der Waals surface area contributed by atoms with E-state index in [1.165, 1.54) is 52.2 Å². The Labute approximate surface area is 152 Å². The van der Waals surface area contributed by atoms with Crippen LogP contribution >= 0.6 is 0 Å². The average molecular weight is 479 g/mol. The first-order valence-electron chi connectivity index (χ1n) is 6.65. The van der Waals surface area contributed by atoms with Crippen molar-refractivity contribution in [2.75, 3.05) is 0 Å². The molecule has 0 N–H and O–H groups in total. The molecule has 0 aliphatic heterocycles. The third-order valence-corrected chi connectivity index (χ3v) is 6.23. The van der Waals surface area contributed by atoms with Gasteiger partial charge in [0.25, 0.3) is 0 Å². The van der Waals surface area contributed by atoms with Gasteiger partial charge in [-0.05, 0) is 0 Å². The second-order valence-electron chi connectivity index (χ2n) is 5.11. The van der Waals surface area contributed by atoms with Gasteiger partial charge in [0.2, 0.25) is 0 Å². The van der Waals surface area contributed by atoms with E-state index in [0.29, 0.717) is 3.67 Å². The monoisotopic (exact) mass is 479 g/mol. The molecule has 3 heteroatoms. The predicted molar refractivity (Wildman–Crippen MR) is 75.5 cm³/mol. The molecule has 0 aromatic heterocycles. The van der Waals surface area contributed by atoms with Gasteiger partial charge in [-0.1, -0.05) is 0 Å². The average Bonchev–Trinajstić information content (AvgIpc) is 3.08. The van der Waals surface area contributed by atoms with Crippen LogP contribution in [0.15, 0.2) is 60.7 Å². The molecule has 0 bridgehead atoms. The fraction of sp³-hybridized carbons (Fsp3) is 0.111. The first kappa shape index (κ1) is 16.7. The number of rotatable bonds is 1. The molecule has 2 aliphatic rings. The van der Waals surface area contributed by atoms with Crippen LogP contribution in [0.3, 0.4) is 0 Å². The molecule has 21 heavy (non-hydrogen) atoms. The number of benzene rings is 2. The van der Waals surface area contributed by atoms with Crippen LogP contribution in [0, 0.1) is 0 Å². The van der Waals surface area contributed by atoms with E-state index in [9.17, 15) is 0 Å². The van der Waals surface area contributed by atoms with Crippen molar-refractivity contribution < 1.29 is 49.2 Å². The summed E-state index contributed by atoms with van der Waals surface area (Å²) < 4.78 is 0.642. The van der Waals surface area contributed by atoms with E-state index in [1.54, 1.807) is 5.56 Å². The summed E-state index contributed by atoms with van der Waals surface area (Å²) in [6.45, 7) is 0. The standard InChI is InChI=1S/C18H13.2ClH.Hf/c1-2-7-13(6-1)15-10-5-11-17-16-9-4-3-8-14(16)12-18(15)17;;;/h1-6,8-12H,7H2;2*1H;/q;;;+2/p-2. The van der Waals surface area contributed by atoms with Crippen molar-refractivity contribution in [3.8, 4) is 11.1 Å². The third kappa shape index (κ3) is 2.60. The second kappa shape index (κ2) is 6.64. The molecule has 0 amide bonds. The van der Waals surface area contributed by atoms with Crippen molar-refractivity contribution >= 4 is 5.57 Å². The first-order valence-corrected chi connectivity index (χ1v) is 8.73. The number of fused-ring (bicyclic) bond motifs is 3. The van der Waals surface area contributed by atoms with Crippen LogP contribution in [-0.4, -0.2) is 0 Å². The van der Waals surface area contributed by atoms with E-state index in [1.807, 2.05) is 0 Å². The molecule has 0 heterocycles. The predicted octanol–water partition coefficient (Wildman–Crippen LogP) is -1.35. The fourth-order valence-corrected chi connectivity index (χ4v) is 5.21. The van der Waals surface area contributed by atoms with Crippen molar-refractivity contribution in [2.45, 2.75) is 10.1 Å². The van der Waals surface area contributed by atoms with Crippen LogP contribution in [0.2, 0.25) is 0 Å². The first-order chi connectivity index (χ1) is 9.36. The Bertz CT molecular complexity index is 732. The van der Waals surface area contributed by atoms with Gasteiger partial charge >= 0.3 is 129 Å². The minimum absolute atomic E-state index is 0.